The van der Waals surface area contributed by atoms with Gasteiger partial charge in [0.25, 0.3) is 0 Å². The van der Waals surface area contributed by atoms with Crippen molar-refractivity contribution in [2.45, 2.75) is 32.2 Å². The number of fused-ring (bicyclic) bond motifs is 3. The summed E-state index contributed by atoms with van der Waals surface area (Å²) in [6.07, 6.45) is 0.119. The minimum absolute atomic E-state index is 0.0329. The third kappa shape index (κ3) is 5.48. The predicted octanol–water partition coefficient (Wildman–Crippen LogP) is 3.17. The zero-order valence-corrected chi connectivity index (χ0v) is 20.3. The Morgan fingerprint density at radius 3 is 2.11 bits per heavy atom. The number of nitrogens with zero attached hydrogens (tertiary/aromatic N) is 2. The summed E-state index contributed by atoms with van der Waals surface area (Å²) in [5, 5.41) is 11.8. The first-order chi connectivity index (χ1) is 16.9. The van der Waals surface area contributed by atoms with Gasteiger partial charge in [0.15, 0.2) is 0 Å². The number of benzene rings is 2. The summed E-state index contributed by atoms with van der Waals surface area (Å²) in [5.74, 6) is -1.14. The van der Waals surface area contributed by atoms with Gasteiger partial charge < -0.3 is 20.1 Å². The van der Waals surface area contributed by atoms with Crippen molar-refractivity contribution in [1.82, 2.24) is 15.1 Å². The maximum Gasteiger partial charge on any atom is 0.407 e. The van der Waals surface area contributed by atoms with Crippen LogP contribution in [0.2, 0.25) is 0 Å². The smallest absolute Gasteiger partial charge is 0.407 e. The lowest BCUT2D eigenvalue weighted by molar-refractivity contribution is -0.140. The number of amides is 2. The molecule has 0 aromatic heterocycles. The second-order valence-electron chi connectivity index (χ2n) is 9.33. The summed E-state index contributed by atoms with van der Waals surface area (Å²) >= 11 is 0. The third-order valence-electron chi connectivity index (χ3n) is 7.14. The Kier molecular flexibility index (Phi) is 7.70. The quantitative estimate of drug-likeness (QED) is 0.604. The van der Waals surface area contributed by atoms with Gasteiger partial charge >= 0.3 is 12.1 Å². The van der Waals surface area contributed by atoms with Gasteiger partial charge in [-0.3, -0.25) is 14.5 Å². The average Bonchev–Trinajstić information content (AvgIpc) is 3.19. The van der Waals surface area contributed by atoms with Crippen LogP contribution in [0.4, 0.5) is 4.79 Å². The van der Waals surface area contributed by atoms with E-state index < -0.39 is 18.1 Å². The van der Waals surface area contributed by atoms with E-state index in [1.165, 1.54) is 0 Å². The number of carbonyl (C=O) groups is 3. The highest BCUT2D eigenvalue weighted by molar-refractivity contribution is 5.86. The molecule has 0 saturated carbocycles. The highest BCUT2D eigenvalue weighted by atomic mass is 16.5. The highest BCUT2D eigenvalue weighted by Gasteiger charge is 2.33. The molecule has 2 aliphatic rings. The van der Waals surface area contributed by atoms with Gasteiger partial charge in [-0.2, -0.15) is 0 Å². The minimum atomic E-state index is -0.876. The molecule has 186 valence electrons. The monoisotopic (exact) mass is 479 g/mol. The SMILES string of the molecule is CC[C@H](C)[C@H](NC(=O)OCC1c2ccccc2-c2ccccc21)C(=O)N1CCN(CC(=O)O)CC1. The molecule has 0 unspecified atom stereocenters. The number of carboxylic acids is 1. The molecular weight excluding hydrogens is 446 g/mol. The largest absolute Gasteiger partial charge is 0.480 e. The van der Waals surface area contributed by atoms with Crippen LogP contribution in [0.3, 0.4) is 0 Å². The molecule has 4 rings (SSSR count). The van der Waals surface area contributed by atoms with E-state index in [0.717, 1.165) is 28.7 Å². The van der Waals surface area contributed by atoms with Gasteiger partial charge in [-0.1, -0.05) is 68.8 Å². The van der Waals surface area contributed by atoms with Gasteiger partial charge in [0.2, 0.25) is 5.91 Å². The summed E-state index contributed by atoms with van der Waals surface area (Å²) in [5.41, 5.74) is 4.59. The van der Waals surface area contributed by atoms with E-state index in [-0.39, 0.29) is 30.9 Å². The molecule has 0 radical (unpaired) electrons. The fraction of sp³-hybridized carbons (Fsp3) is 0.444. The molecule has 2 atom stereocenters. The van der Waals surface area contributed by atoms with E-state index >= 15 is 0 Å². The van der Waals surface area contributed by atoms with Crippen LogP contribution >= 0.6 is 0 Å². The van der Waals surface area contributed by atoms with E-state index in [0.29, 0.717) is 26.2 Å². The van der Waals surface area contributed by atoms with E-state index in [9.17, 15) is 14.4 Å². The van der Waals surface area contributed by atoms with Crippen LogP contribution in [-0.4, -0.2) is 78.2 Å². The Morgan fingerprint density at radius 1 is 1.00 bits per heavy atom. The lowest BCUT2D eigenvalue weighted by Crippen LogP contribution is -2.57. The highest BCUT2D eigenvalue weighted by Crippen LogP contribution is 2.44. The number of hydrogen-bond donors (Lipinski definition) is 2. The van der Waals surface area contributed by atoms with Gasteiger partial charge in [-0.15, -0.1) is 0 Å². The fourth-order valence-electron chi connectivity index (χ4n) is 4.96. The van der Waals surface area contributed by atoms with Crippen LogP contribution in [0, 0.1) is 5.92 Å². The van der Waals surface area contributed by atoms with Gasteiger partial charge in [0.05, 0.1) is 6.54 Å². The molecule has 1 aliphatic heterocycles. The standard InChI is InChI=1S/C27H33N3O5/c1-3-18(2)25(26(33)30-14-12-29(13-15-30)16-24(31)32)28-27(34)35-17-23-21-10-6-4-8-19(21)20-9-5-7-11-22(20)23/h4-11,18,23,25H,3,12-17H2,1-2H3,(H,28,34)(H,31,32)/t18-,25-/m0/s1. The topological polar surface area (TPSA) is 99.2 Å². The molecule has 1 fully saturated rings. The lowest BCUT2D eigenvalue weighted by atomic mass is 9.97. The third-order valence-corrected chi connectivity index (χ3v) is 7.14. The molecule has 1 heterocycles. The molecule has 1 aliphatic carbocycles. The Balaban J connectivity index is 1.38. The van der Waals surface area contributed by atoms with Gasteiger partial charge in [0, 0.05) is 32.1 Å². The Labute approximate surface area is 205 Å². The first-order valence-electron chi connectivity index (χ1n) is 12.2. The van der Waals surface area contributed by atoms with Crippen LogP contribution in [0.1, 0.15) is 37.3 Å². The number of carbonyl (C=O) groups excluding carboxylic acids is 2. The maximum atomic E-state index is 13.3. The predicted molar refractivity (Wildman–Crippen MR) is 132 cm³/mol. The molecule has 2 amide bonds. The first kappa shape index (κ1) is 24.7. The van der Waals surface area contributed by atoms with Crippen molar-refractivity contribution in [1.29, 1.82) is 0 Å². The Bertz CT molecular complexity index is 1030. The Morgan fingerprint density at radius 2 is 1.57 bits per heavy atom. The second kappa shape index (κ2) is 10.9. The number of nitrogens with one attached hydrogen (secondary N) is 1. The normalized spacial score (nSPS) is 17.3. The molecule has 1 saturated heterocycles. The lowest BCUT2D eigenvalue weighted by Gasteiger charge is -2.36. The molecule has 2 aromatic carbocycles. The van der Waals surface area contributed by atoms with Crippen LogP contribution in [-0.2, 0) is 14.3 Å². The number of piperazine rings is 1. The molecule has 2 aromatic rings. The number of aliphatic carboxylic acids is 1. The van der Waals surface area contributed by atoms with Crippen molar-refractivity contribution in [3.63, 3.8) is 0 Å². The van der Waals surface area contributed by atoms with Gasteiger partial charge in [-0.25, -0.2) is 4.79 Å². The second-order valence-corrected chi connectivity index (χ2v) is 9.33. The van der Waals surface area contributed by atoms with E-state index in [1.54, 1.807) is 4.90 Å². The van der Waals surface area contributed by atoms with Crippen LogP contribution in [0.5, 0.6) is 0 Å². The van der Waals surface area contributed by atoms with Crippen molar-refractivity contribution < 1.29 is 24.2 Å². The molecule has 35 heavy (non-hydrogen) atoms. The number of rotatable bonds is 8. The Hall–Kier alpha value is -3.39. The molecule has 0 spiro atoms. The minimum Gasteiger partial charge on any atom is -0.480 e. The maximum absolute atomic E-state index is 13.3. The number of alkyl carbamates (subject to hydrolysis) is 1. The summed E-state index contributed by atoms with van der Waals surface area (Å²) in [4.78, 5) is 40.6. The van der Waals surface area contributed by atoms with E-state index in [4.69, 9.17) is 9.84 Å². The van der Waals surface area contributed by atoms with Crippen molar-refractivity contribution in [3.8, 4) is 11.1 Å². The molecule has 0 bridgehead atoms. The summed E-state index contributed by atoms with van der Waals surface area (Å²) in [6.45, 7) is 5.94. The summed E-state index contributed by atoms with van der Waals surface area (Å²) < 4.78 is 5.67. The molecule has 8 heteroatoms. The summed E-state index contributed by atoms with van der Waals surface area (Å²) in [7, 11) is 0. The van der Waals surface area contributed by atoms with Crippen LogP contribution in [0.25, 0.3) is 11.1 Å². The van der Waals surface area contributed by atoms with Crippen molar-refractivity contribution in [2.75, 3.05) is 39.3 Å². The van der Waals surface area contributed by atoms with Crippen molar-refractivity contribution in [2.24, 2.45) is 5.92 Å². The van der Waals surface area contributed by atoms with Crippen molar-refractivity contribution >= 4 is 18.0 Å². The van der Waals surface area contributed by atoms with Gasteiger partial charge in [-0.05, 0) is 28.2 Å². The van der Waals surface area contributed by atoms with Crippen LogP contribution in [0.15, 0.2) is 48.5 Å². The van der Waals surface area contributed by atoms with E-state index in [1.807, 2.05) is 43.0 Å². The zero-order valence-electron chi connectivity index (χ0n) is 20.3. The molecule has 2 N–H and O–H groups in total. The summed E-state index contributed by atoms with van der Waals surface area (Å²) in [6, 6.07) is 15.6. The van der Waals surface area contributed by atoms with E-state index in [2.05, 4.69) is 29.6 Å². The number of ether oxygens (including phenoxy) is 1. The van der Waals surface area contributed by atoms with Crippen LogP contribution < -0.4 is 5.32 Å². The number of hydrogen-bond acceptors (Lipinski definition) is 5. The van der Waals surface area contributed by atoms with Crippen molar-refractivity contribution in [3.05, 3.63) is 59.7 Å². The zero-order chi connectivity index (χ0) is 24.9. The fourth-order valence-corrected chi connectivity index (χ4v) is 4.96. The number of carboxylic acid groups (broad SMARTS) is 1. The molecular formula is C27H33N3O5. The van der Waals surface area contributed by atoms with Gasteiger partial charge in [0.1, 0.15) is 12.6 Å². The average molecular weight is 480 g/mol. The first-order valence-corrected chi connectivity index (χ1v) is 12.2. The molecule has 8 nitrogen and oxygen atoms in total.